The number of nitrogens with zero attached hydrogens (tertiary/aromatic N) is 1. The van der Waals surface area contributed by atoms with Gasteiger partial charge in [-0.1, -0.05) is 43.0 Å². The van der Waals surface area contributed by atoms with Crippen LogP contribution in [0.3, 0.4) is 0 Å². The third-order valence-corrected chi connectivity index (χ3v) is 5.23. The predicted molar refractivity (Wildman–Crippen MR) is 106 cm³/mol. The molecule has 0 atom stereocenters. The Labute approximate surface area is 159 Å². The van der Waals surface area contributed by atoms with Crippen LogP contribution in [-0.4, -0.2) is 16.1 Å². The smallest absolute Gasteiger partial charge is 0.173 e. The minimum absolute atomic E-state index is 0.213. The first-order valence-electron chi connectivity index (χ1n) is 8.69. The molecule has 0 saturated heterocycles. The molecule has 0 heterocycles. The topological polar surface area (TPSA) is 15.3 Å². The molecular weight excluding hydrogens is 355 g/mol. The van der Waals surface area contributed by atoms with Gasteiger partial charge in [0.05, 0.1) is 0 Å². The van der Waals surface area contributed by atoms with Crippen molar-refractivity contribution in [1.82, 2.24) is 4.90 Å². The second kappa shape index (κ2) is 8.63. The molecule has 2 nitrogen and oxygen atoms in total. The van der Waals surface area contributed by atoms with E-state index >= 15 is 0 Å². The summed E-state index contributed by atoms with van der Waals surface area (Å²) in [6.07, 6.45) is 6.04. The zero-order chi connectivity index (χ0) is 17.6. The molecule has 1 aliphatic carbocycles. The second-order valence-corrected chi connectivity index (χ2v) is 7.31. The van der Waals surface area contributed by atoms with Crippen LogP contribution in [0.25, 0.3) is 0 Å². The molecule has 2 aromatic carbocycles. The number of halogens is 2. The summed E-state index contributed by atoms with van der Waals surface area (Å²) in [5.74, 6) is -0.213. The first kappa shape index (κ1) is 18.2. The van der Waals surface area contributed by atoms with Gasteiger partial charge in [0.1, 0.15) is 5.82 Å². The van der Waals surface area contributed by atoms with Gasteiger partial charge in [0.25, 0.3) is 0 Å². The Hall–Kier alpha value is -1.65. The standard InChI is InChI=1S/C20H22ClFN2S/c21-16-8-12-18(13-9-16)23-20(25)24(19-4-2-1-3-5-19)14-15-6-10-17(22)11-7-15/h6-13,19H,1-5,14H2,(H,23,25). The van der Waals surface area contributed by atoms with Crippen LogP contribution in [0.2, 0.25) is 5.02 Å². The molecule has 0 aliphatic heterocycles. The van der Waals surface area contributed by atoms with Crippen molar-refractivity contribution in [1.29, 1.82) is 0 Å². The van der Waals surface area contributed by atoms with Gasteiger partial charge in [0, 0.05) is 23.3 Å². The highest BCUT2D eigenvalue weighted by Crippen LogP contribution is 2.25. The Morgan fingerprint density at radius 1 is 1.04 bits per heavy atom. The summed E-state index contributed by atoms with van der Waals surface area (Å²) in [7, 11) is 0. The van der Waals surface area contributed by atoms with E-state index in [9.17, 15) is 4.39 Å². The molecular formula is C20H22ClFN2S. The fourth-order valence-electron chi connectivity index (χ4n) is 3.27. The van der Waals surface area contributed by atoms with Crippen molar-refractivity contribution in [3.8, 4) is 0 Å². The molecule has 1 saturated carbocycles. The van der Waals surface area contributed by atoms with Gasteiger partial charge in [0.2, 0.25) is 0 Å². The first-order valence-corrected chi connectivity index (χ1v) is 9.48. The van der Waals surface area contributed by atoms with Gasteiger partial charge in [-0.15, -0.1) is 0 Å². The van der Waals surface area contributed by atoms with Crippen LogP contribution in [-0.2, 0) is 6.54 Å². The molecule has 0 spiro atoms. The number of nitrogens with one attached hydrogen (secondary N) is 1. The zero-order valence-corrected chi connectivity index (χ0v) is 15.6. The van der Waals surface area contributed by atoms with E-state index in [4.69, 9.17) is 23.8 Å². The van der Waals surface area contributed by atoms with Gasteiger partial charge in [-0.05, 0) is 67.0 Å². The lowest BCUT2D eigenvalue weighted by Crippen LogP contribution is -2.43. The first-order chi connectivity index (χ1) is 12.1. The Balaban J connectivity index is 1.75. The van der Waals surface area contributed by atoms with Gasteiger partial charge in [-0.2, -0.15) is 0 Å². The van der Waals surface area contributed by atoms with Crippen LogP contribution in [0.5, 0.6) is 0 Å². The van der Waals surface area contributed by atoms with Gasteiger partial charge in [0.15, 0.2) is 5.11 Å². The highest BCUT2D eigenvalue weighted by atomic mass is 35.5. The highest BCUT2D eigenvalue weighted by molar-refractivity contribution is 7.80. The number of benzene rings is 2. The molecule has 1 aliphatic rings. The molecule has 2 aromatic rings. The molecule has 0 amide bonds. The Morgan fingerprint density at radius 2 is 1.68 bits per heavy atom. The van der Waals surface area contributed by atoms with Crippen LogP contribution in [0.4, 0.5) is 10.1 Å². The summed E-state index contributed by atoms with van der Waals surface area (Å²) >= 11 is 11.7. The maximum absolute atomic E-state index is 13.2. The zero-order valence-electron chi connectivity index (χ0n) is 14.1. The third-order valence-electron chi connectivity index (χ3n) is 4.64. The van der Waals surface area contributed by atoms with Crippen molar-refractivity contribution in [2.75, 3.05) is 5.32 Å². The van der Waals surface area contributed by atoms with Crippen LogP contribution in [0.1, 0.15) is 37.7 Å². The number of rotatable bonds is 4. The highest BCUT2D eigenvalue weighted by Gasteiger charge is 2.23. The van der Waals surface area contributed by atoms with Gasteiger partial charge in [-0.25, -0.2) is 4.39 Å². The summed E-state index contributed by atoms with van der Waals surface area (Å²) in [6, 6.07) is 14.6. The summed E-state index contributed by atoms with van der Waals surface area (Å²) in [4.78, 5) is 2.25. The summed E-state index contributed by atoms with van der Waals surface area (Å²) in [5.41, 5.74) is 1.99. The van der Waals surface area contributed by atoms with E-state index in [-0.39, 0.29) is 5.82 Å². The molecule has 0 aromatic heterocycles. The minimum atomic E-state index is -0.213. The predicted octanol–water partition coefficient (Wildman–Crippen LogP) is 6.01. The average Bonchev–Trinajstić information content (AvgIpc) is 2.64. The molecule has 0 unspecified atom stereocenters. The third kappa shape index (κ3) is 5.16. The lowest BCUT2D eigenvalue weighted by Gasteiger charge is -2.36. The fraction of sp³-hybridized carbons (Fsp3) is 0.350. The summed E-state index contributed by atoms with van der Waals surface area (Å²) in [5, 5.41) is 4.73. The van der Waals surface area contributed by atoms with Crippen molar-refractivity contribution in [2.24, 2.45) is 0 Å². The molecule has 0 radical (unpaired) electrons. The number of thiocarbonyl (C=S) groups is 1. The van der Waals surface area contributed by atoms with Gasteiger partial charge >= 0.3 is 0 Å². The van der Waals surface area contributed by atoms with E-state index in [1.54, 1.807) is 0 Å². The molecule has 1 N–H and O–H groups in total. The number of anilines is 1. The maximum atomic E-state index is 13.2. The molecule has 5 heteroatoms. The Morgan fingerprint density at radius 3 is 2.32 bits per heavy atom. The fourth-order valence-corrected chi connectivity index (χ4v) is 3.73. The van der Waals surface area contributed by atoms with Crippen LogP contribution >= 0.6 is 23.8 Å². The second-order valence-electron chi connectivity index (χ2n) is 6.48. The minimum Gasteiger partial charge on any atom is -0.342 e. The lowest BCUT2D eigenvalue weighted by atomic mass is 9.94. The average molecular weight is 377 g/mol. The number of hydrogen-bond donors (Lipinski definition) is 1. The largest absolute Gasteiger partial charge is 0.342 e. The monoisotopic (exact) mass is 376 g/mol. The normalized spacial score (nSPS) is 15.0. The summed E-state index contributed by atoms with van der Waals surface area (Å²) < 4.78 is 13.2. The van der Waals surface area contributed by atoms with Crippen molar-refractivity contribution >= 4 is 34.6 Å². The van der Waals surface area contributed by atoms with Crippen molar-refractivity contribution in [3.05, 3.63) is 64.9 Å². The molecule has 1 fully saturated rings. The van der Waals surface area contributed by atoms with Crippen LogP contribution < -0.4 is 5.32 Å². The van der Waals surface area contributed by atoms with Crippen molar-refractivity contribution in [3.63, 3.8) is 0 Å². The lowest BCUT2D eigenvalue weighted by molar-refractivity contribution is 0.240. The van der Waals surface area contributed by atoms with E-state index in [0.29, 0.717) is 22.7 Å². The Bertz CT molecular complexity index is 697. The summed E-state index contributed by atoms with van der Waals surface area (Å²) in [6.45, 7) is 0.685. The molecule has 25 heavy (non-hydrogen) atoms. The van der Waals surface area contributed by atoms with E-state index in [1.807, 2.05) is 36.4 Å². The van der Waals surface area contributed by atoms with E-state index in [2.05, 4.69) is 10.2 Å². The van der Waals surface area contributed by atoms with Crippen molar-refractivity contribution < 1.29 is 4.39 Å². The van der Waals surface area contributed by atoms with Crippen LogP contribution in [0, 0.1) is 5.82 Å². The SMILES string of the molecule is Fc1ccc(CN(C(=S)Nc2ccc(Cl)cc2)C2CCCCC2)cc1. The van der Waals surface area contributed by atoms with E-state index in [0.717, 1.165) is 24.1 Å². The molecule has 132 valence electrons. The quantitative estimate of drug-likeness (QED) is 0.657. The van der Waals surface area contributed by atoms with Gasteiger partial charge in [-0.3, -0.25) is 0 Å². The Kier molecular flexibility index (Phi) is 6.27. The molecule has 0 bridgehead atoms. The van der Waals surface area contributed by atoms with E-state index < -0.39 is 0 Å². The molecule has 3 rings (SSSR count). The maximum Gasteiger partial charge on any atom is 0.173 e. The van der Waals surface area contributed by atoms with E-state index in [1.165, 1.54) is 31.4 Å². The number of hydrogen-bond acceptors (Lipinski definition) is 1. The van der Waals surface area contributed by atoms with Crippen LogP contribution in [0.15, 0.2) is 48.5 Å². The van der Waals surface area contributed by atoms with Crippen molar-refractivity contribution in [2.45, 2.75) is 44.7 Å². The van der Waals surface area contributed by atoms with Gasteiger partial charge < -0.3 is 10.2 Å².